The van der Waals surface area contributed by atoms with E-state index in [9.17, 15) is 4.39 Å². The second-order valence-corrected chi connectivity index (χ2v) is 4.47. The SMILES string of the molecule is CCOc1ccc(OCCN2CCNCC2)cc1F. The maximum Gasteiger partial charge on any atom is 0.168 e. The third kappa shape index (κ3) is 4.36. The van der Waals surface area contributed by atoms with E-state index in [-0.39, 0.29) is 11.6 Å². The highest BCUT2D eigenvalue weighted by molar-refractivity contribution is 5.33. The molecule has 1 N–H and O–H groups in total. The number of hydrogen-bond acceptors (Lipinski definition) is 4. The molecule has 0 amide bonds. The number of benzene rings is 1. The van der Waals surface area contributed by atoms with Crippen molar-refractivity contribution in [3.63, 3.8) is 0 Å². The maximum atomic E-state index is 13.6. The number of piperazine rings is 1. The zero-order valence-corrected chi connectivity index (χ0v) is 11.3. The molecule has 19 heavy (non-hydrogen) atoms. The highest BCUT2D eigenvalue weighted by Crippen LogP contribution is 2.22. The first-order valence-corrected chi connectivity index (χ1v) is 6.78. The minimum absolute atomic E-state index is 0.275. The van der Waals surface area contributed by atoms with Crippen LogP contribution in [0.25, 0.3) is 0 Å². The van der Waals surface area contributed by atoms with Crippen molar-refractivity contribution in [1.29, 1.82) is 0 Å². The highest BCUT2D eigenvalue weighted by Gasteiger charge is 2.09. The van der Waals surface area contributed by atoms with Gasteiger partial charge in [-0.3, -0.25) is 4.90 Å². The van der Waals surface area contributed by atoms with Gasteiger partial charge in [0.2, 0.25) is 0 Å². The summed E-state index contributed by atoms with van der Waals surface area (Å²) in [6.45, 7) is 7.87. The lowest BCUT2D eigenvalue weighted by molar-refractivity contribution is 0.191. The number of ether oxygens (including phenoxy) is 2. The van der Waals surface area contributed by atoms with Gasteiger partial charge < -0.3 is 14.8 Å². The molecule has 0 unspecified atom stereocenters. The van der Waals surface area contributed by atoms with E-state index in [0.717, 1.165) is 32.7 Å². The molecule has 0 spiro atoms. The van der Waals surface area contributed by atoms with Gasteiger partial charge in [-0.2, -0.15) is 0 Å². The monoisotopic (exact) mass is 268 g/mol. The van der Waals surface area contributed by atoms with Crippen molar-refractivity contribution in [2.45, 2.75) is 6.92 Å². The minimum atomic E-state index is -0.374. The van der Waals surface area contributed by atoms with E-state index in [1.165, 1.54) is 6.07 Å². The van der Waals surface area contributed by atoms with Gasteiger partial charge in [0.25, 0.3) is 0 Å². The summed E-state index contributed by atoms with van der Waals surface area (Å²) >= 11 is 0. The van der Waals surface area contributed by atoms with E-state index in [0.29, 0.717) is 19.0 Å². The molecule has 0 radical (unpaired) electrons. The average Bonchev–Trinajstić information content (AvgIpc) is 2.43. The van der Waals surface area contributed by atoms with E-state index >= 15 is 0 Å². The summed E-state index contributed by atoms with van der Waals surface area (Å²) < 4.78 is 24.3. The third-order valence-electron chi connectivity index (χ3n) is 3.09. The summed E-state index contributed by atoms with van der Waals surface area (Å²) in [6, 6.07) is 4.73. The molecule has 1 aromatic carbocycles. The molecule has 2 rings (SSSR count). The van der Waals surface area contributed by atoms with Crippen molar-refractivity contribution in [2.75, 3.05) is 45.9 Å². The van der Waals surface area contributed by atoms with Gasteiger partial charge in [-0.05, 0) is 19.1 Å². The first kappa shape index (κ1) is 14.1. The van der Waals surface area contributed by atoms with Crippen LogP contribution < -0.4 is 14.8 Å². The first-order valence-electron chi connectivity index (χ1n) is 6.78. The van der Waals surface area contributed by atoms with Crippen molar-refractivity contribution in [1.82, 2.24) is 10.2 Å². The smallest absolute Gasteiger partial charge is 0.168 e. The molecule has 1 aliphatic rings. The van der Waals surface area contributed by atoms with Crippen molar-refractivity contribution in [2.24, 2.45) is 0 Å². The predicted molar refractivity (Wildman–Crippen MR) is 72.4 cm³/mol. The molecule has 1 aliphatic heterocycles. The van der Waals surface area contributed by atoms with Crippen LogP contribution in [-0.4, -0.2) is 50.8 Å². The molecular formula is C14H21FN2O2. The van der Waals surface area contributed by atoms with Gasteiger partial charge in [0.1, 0.15) is 12.4 Å². The van der Waals surface area contributed by atoms with Crippen LogP contribution in [0.15, 0.2) is 18.2 Å². The molecule has 1 aromatic rings. The van der Waals surface area contributed by atoms with Crippen LogP contribution in [-0.2, 0) is 0 Å². The predicted octanol–water partition coefficient (Wildman–Crippen LogP) is 1.51. The largest absolute Gasteiger partial charge is 0.492 e. The zero-order chi connectivity index (χ0) is 13.5. The van der Waals surface area contributed by atoms with Gasteiger partial charge in [0, 0.05) is 38.8 Å². The fraction of sp³-hybridized carbons (Fsp3) is 0.571. The quantitative estimate of drug-likeness (QED) is 0.848. The summed E-state index contributed by atoms with van der Waals surface area (Å²) in [7, 11) is 0. The Balaban J connectivity index is 1.77. The summed E-state index contributed by atoms with van der Waals surface area (Å²) in [4.78, 5) is 2.33. The van der Waals surface area contributed by atoms with Crippen molar-refractivity contribution in [3.8, 4) is 11.5 Å². The normalized spacial score (nSPS) is 16.3. The van der Waals surface area contributed by atoms with Crippen molar-refractivity contribution < 1.29 is 13.9 Å². The Bertz CT molecular complexity index is 395. The zero-order valence-electron chi connectivity index (χ0n) is 11.3. The van der Waals surface area contributed by atoms with E-state index in [1.54, 1.807) is 12.1 Å². The molecule has 1 heterocycles. The topological polar surface area (TPSA) is 33.7 Å². The lowest BCUT2D eigenvalue weighted by Crippen LogP contribution is -2.44. The molecule has 4 nitrogen and oxygen atoms in total. The van der Waals surface area contributed by atoms with Crippen molar-refractivity contribution in [3.05, 3.63) is 24.0 Å². The molecule has 106 valence electrons. The van der Waals surface area contributed by atoms with E-state index in [2.05, 4.69) is 10.2 Å². The Morgan fingerprint density at radius 3 is 2.74 bits per heavy atom. The molecule has 1 saturated heterocycles. The van der Waals surface area contributed by atoms with Gasteiger partial charge in [-0.1, -0.05) is 0 Å². The van der Waals surface area contributed by atoms with Crippen LogP contribution in [0.3, 0.4) is 0 Å². The average molecular weight is 268 g/mol. The third-order valence-corrected chi connectivity index (χ3v) is 3.09. The van der Waals surface area contributed by atoms with Gasteiger partial charge in [0.15, 0.2) is 11.6 Å². The van der Waals surface area contributed by atoms with Gasteiger partial charge in [-0.25, -0.2) is 4.39 Å². The Hall–Kier alpha value is -1.33. The van der Waals surface area contributed by atoms with Crippen LogP contribution in [0.4, 0.5) is 4.39 Å². The van der Waals surface area contributed by atoms with E-state index in [1.807, 2.05) is 6.92 Å². The molecule has 0 aromatic heterocycles. The summed E-state index contributed by atoms with van der Waals surface area (Å²) in [6.07, 6.45) is 0. The van der Waals surface area contributed by atoms with Crippen LogP contribution in [0.2, 0.25) is 0 Å². The molecular weight excluding hydrogens is 247 g/mol. The van der Waals surface area contributed by atoms with Gasteiger partial charge in [-0.15, -0.1) is 0 Å². The molecule has 0 atom stereocenters. The summed E-state index contributed by atoms with van der Waals surface area (Å²) in [5.41, 5.74) is 0. The second kappa shape index (κ2) is 7.31. The van der Waals surface area contributed by atoms with Crippen LogP contribution >= 0.6 is 0 Å². The number of nitrogens with one attached hydrogen (secondary N) is 1. The van der Waals surface area contributed by atoms with E-state index in [4.69, 9.17) is 9.47 Å². The van der Waals surface area contributed by atoms with Crippen LogP contribution in [0, 0.1) is 5.82 Å². The number of halogens is 1. The van der Waals surface area contributed by atoms with Crippen molar-refractivity contribution >= 4 is 0 Å². The Labute approximate surface area is 113 Å². The van der Waals surface area contributed by atoms with Crippen LogP contribution in [0.5, 0.6) is 11.5 Å². The Kier molecular flexibility index (Phi) is 5.42. The number of nitrogens with zero attached hydrogens (tertiary/aromatic N) is 1. The molecule has 5 heteroatoms. The van der Waals surface area contributed by atoms with Crippen LogP contribution in [0.1, 0.15) is 6.92 Å². The maximum absolute atomic E-state index is 13.6. The highest BCUT2D eigenvalue weighted by atomic mass is 19.1. The standard InChI is InChI=1S/C14H21FN2O2/c1-2-18-14-4-3-12(11-13(14)15)19-10-9-17-7-5-16-6-8-17/h3-4,11,16H,2,5-10H2,1H3. The lowest BCUT2D eigenvalue weighted by Gasteiger charge is -2.26. The number of hydrogen-bond donors (Lipinski definition) is 1. The Morgan fingerprint density at radius 1 is 1.26 bits per heavy atom. The molecule has 0 saturated carbocycles. The molecule has 0 bridgehead atoms. The molecule has 1 fully saturated rings. The fourth-order valence-corrected chi connectivity index (χ4v) is 2.07. The Morgan fingerprint density at radius 2 is 2.05 bits per heavy atom. The first-order chi connectivity index (χ1) is 9.29. The lowest BCUT2D eigenvalue weighted by atomic mass is 10.3. The van der Waals surface area contributed by atoms with E-state index < -0.39 is 0 Å². The number of rotatable bonds is 6. The molecule has 0 aliphatic carbocycles. The second-order valence-electron chi connectivity index (χ2n) is 4.47. The minimum Gasteiger partial charge on any atom is -0.492 e. The fourth-order valence-electron chi connectivity index (χ4n) is 2.07. The van der Waals surface area contributed by atoms with Gasteiger partial charge >= 0.3 is 0 Å². The summed E-state index contributed by atoms with van der Waals surface area (Å²) in [5, 5.41) is 3.30. The summed E-state index contributed by atoms with van der Waals surface area (Å²) in [5.74, 6) is 0.453. The van der Waals surface area contributed by atoms with Gasteiger partial charge in [0.05, 0.1) is 6.61 Å².